The van der Waals surface area contributed by atoms with Crippen molar-refractivity contribution >= 4 is 58.4 Å². The van der Waals surface area contributed by atoms with Gasteiger partial charge in [0.05, 0.1) is 27.3 Å². The number of hydrogen-bond acceptors (Lipinski definition) is 5. The van der Waals surface area contributed by atoms with Crippen LogP contribution in [0.3, 0.4) is 0 Å². The van der Waals surface area contributed by atoms with E-state index in [9.17, 15) is 13.2 Å². The summed E-state index contributed by atoms with van der Waals surface area (Å²) in [7, 11) is -3.22. The summed E-state index contributed by atoms with van der Waals surface area (Å²) in [5.41, 5.74) is 1.58. The molecule has 0 saturated carbocycles. The van der Waals surface area contributed by atoms with E-state index < -0.39 is 9.84 Å². The van der Waals surface area contributed by atoms with Gasteiger partial charge in [-0.3, -0.25) is 4.79 Å². The summed E-state index contributed by atoms with van der Waals surface area (Å²) in [5, 5.41) is 3.33. The van der Waals surface area contributed by atoms with Crippen molar-refractivity contribution in [3.63, 3.8) is 0 Å². The van der Waals surface area contributed by atoms with Gasteiger partial charge in [0.25, 0.3) is 0 Å². The lowest BCUT2D eigenvalue weighted by molar-refractivity contribution is -0.115. The highest BCUT2D eigenvalue weighted by Gasteiger charge is 2.12. The second kappa shape index (κ2) is 7.23. The number of hydrogen-bond donors (Lipinski definition) is 1. The van der Waals surface area contributed by atoms with Crippen LogP contribution in [0.2, 0.25) is 0 Å². The van der Waals surface area contributed by atoms with E-state index in [1.807, 2.05) is 18.2 Å². The van der Waals surface area contributed by atoms with E-state index >= 15 is 0 Å². The van der Waals surface area contributed by atoms with Crippen molar-refractivity contribution in [1.29, 1.82) is 0 Å². The molecule has 0 aliphatic carbocycles. The lowest BCUT2D eigenvalue weighted by Gasteiger charge is -2.04. The largest absolute Gasteiger partial charge is 0.302 e. The molecule has 5 nitrogen and oxygen atoms in total. The summed E-state index contributed by atoms with van der Waals surface area (Å²) < 4.78 is 25.5. The number of amides is 1. The normalized spacial score (nSPS) is 11.6. The average molecular weight is 439 g/mol. The fraction of sp³-hybridized carbons (Fsp3) is 0.176. The van der Waals surface area contributed by atoms with Crippen molar-refractivity contribution in [2.45, 2.75) is 18.2 Å². The molecule has 1 amide bonds. The molecule has 0 bridgehead atoms. The topological polar surface area (TPSA) is 76.1 Å². The number of halogens is 1. The zero-order valence-electron chi connectivity index (χ0n) is 13.3. The highest BCUT2D eigenvalue weighted by molar-refractivity contribution is 9.10. The Kier molecular flexibility index (Phi) is 5.21. The molecule has 1 N–H and O–H groups in total. The quantitative estimate of drug-likeness (QED) is 0.651. The summed E-state index contributed by atoms with van der Waals surface area (Å²) in [6.45, 7) is 1.60. The van der Waals surface area contributed by atoms with Crippen molar-refractivity contribution in [3.05, 3.63) is 52.5 Å². The van der Waals surface area contributed by atoms with E-state index in [0.29, 0.717) is 5.13 Å². The Morgan fingerprint density at radius 2 is 1.92 bits per heavy atom. The van der Waals surface area contributed by atoms with Crippen LogP contribution in [-0.4, -0.2) is 25.1 Å². The van der Waals surface area contributed by atoms with Crippen molar-refractivity contribution in [2.75, 3.05) is 11.1 Å². The third-order valence-electron chi connectivity index (χ3n) is 3.62. The minimum atomic E-state index is -3.22. The highest BCUT2D eigenvalue weighted by Crippen LogP contribution is 2.28. The van der Waals surface area contributed by atoms with Gasteiger partial charge < -0.3 is 5.32 Å². The molecule has 0 atom stereocenters. The molecule has 2 aromatic carbocycles. The fourth-order valence-corrected chi connectivity index (χ4v) is 4.60. The van der Waals surface area contributed by atoms with Gasteiger partial charge in [-0.1, -0.05) is 46.3 Å². The molecular weight excluding hydrogens is 424 g/mol. The molecule has 1 heterocycles. The van der Waals surface area contributed by atoms with E-state index in [0.717, 1.165) is 20.3 Å². The van der Waals surface area contributed by atoms with Gasteiger partial charge in [-0.2, -0.15) is 0 Å². The second-order valence-corrected chi connectivity index (χ2v) is 9.63. The highest BCUT2D eigenvalue weighted by atomic mass is 79.9. The third-order valence-corrected chi connectivity index (χ3v) is 6.80. The Morgan fingerprint density at radius 1 is 1.20 bits per heavy atom. The molecule has 0 spiro atoms. The van der Waals surface area contributed by atoms with Gasteiger partial charge in [0.2, 0.25) is 5.91 Å². The zero-order valence-corrected chi connectivity index (χ0v) is 16.5. The van der Waals surface area contributed by atoms with Crippen LogP contribution in [0.25, 0.3) is 10.2 Å². The smallest absolute Gasteiger partial charge is 0.230 e. The van der Waals surface area contributed by atoms with Crippen LogP contribution in [-0.2, 0) is 21.1 Å². The van der Waals surface area contributed by atoms with Crippen molar-refractivity contribution in [2.24, 2.45) is 0 Å². The van der Waals surface area contributed by atoms with Crippen LogP contribution in [0.5, 0.6) is 0 Å². The summed E-state index contributed by atoms with van der Waals surface area (Å²) in [4.78, 5) is 16.8. The molecule has 0 unspecified atom stereocenters. The molecule has 0 fully saturated rings. The maximum Gasteiger partial charge on any atom is 0.230 e. The first-order chi connectivity index (χ1) is 11.9. The van der Waals surface area contributed by atoms with Gasteiger partial charge >= 0.3 is 0 Å². The Hall–Kier alpha value is -1.77. The number of nitrogens with one attached hydrogen (secondary N) is 1. The maximum atomic E-state index is 12.2. The zero-order chi connectivity index (χ0) is 18.0. The van der Waals surface area contributed by atoms with Gasteiger partial charge in [0, 0.05) is 4.47 Å². The molecule has 3 rings (SSSR count). The van der Waals surface area contributed by atoms with Gasteiger partial charge in [-0.25, -0.2) is 13.4 Å². The summed E-state index contributed by atoms with van der Waals surface area (Å²) >= 11 is 4.82. The van der Waals surface area contributed by atoms with Crippen LogP contribution in [0.15, 0.2) is 51.8 Å². The summed E-state index contributed by atoms with van der Waals surface area (Å²) in [6.07, 6.45) is 0.159. The Morgan fingerprint density at radius 3 is 2.60 bits per heavy atom. The Balaban J connectivity index is 1.69. The van der Waals surface area contributed by atoms with Crippen LogP contribution >= 0.6 is 27.3 Å². The minimum absolute atomic E-state index is 0.0561. The van der Waals surface area contributed by atoms with E-state index in [2.05, 4.69) is 26.2 Å². The van der Waals surface area contributed by atoms with Crippen LogP contribution in [0.4, 0.5) is 5.13 Å². The molecule has 0 aliphatic heterocycles. The Labute approximate surface area is 158 Å². The van der Waals surface area contributed by atoms with Gasteiger partial charge in [0.1, 0.15) is 0 Å². The van der Waals surface area contributed by atoms with Crippen molar-refractivity contribution in [1.82, 2.24) is 4.98 Å². The van der Waals surface area contributed by atoms with Crippen molar-refractivity contribution in [3.8, 4) is 0 Å². The number of carbonyl (C=O) groups is 1. The van der Waals surface area contributed by atoms with Crippen LogP contribution in [0.1, 0.15) is 12.5 Å². The SMILES string of the molecule is CCS(=O)(=O)c1ccc(CC(=O)Nc2nc3ccc(Br)cc3s2)cc1. The maximum absolute atomic E-state index is 12.2. The minimum Gasteiger partial charge on any atom is -0.302 e. The molecule has 0 saturated heterocycles. The lowest BCUT2D eigenvalue weighted by atomic mass is 10.1. The van der Waals surface area contributed by atoms with Gasteiger partial charge in [0.15, 0.2) is 15.0 Å². The standard InChI is InChI=1S/C17H15BrN2O3S2/c1-2-25(22,23)13-6-3-11(4-7-13)9-16(21)20-17-19-14-8-5-12(18)10-15(14)24-17/h3-8,10H,2,9H2,1H3,(H,19,20,21). The molecule has 25 heavy (non-hydrogen) atoms. The average Bonchev–Trinajstić information content (AvgIpc) is 2.96. The van der Waals surface area contributed by atoms with E-state index in [1.165, 1.54) is 23.5 Å². The Bertz CT molecular complexity index is 1030. The van der Waals surface area contributed by atoms with Crippen LogP contribution in [0, 0.1) is 0 Å². The number of aromatic nitrogens is 1. The fourth-order valence-electron chi connectivity index (χ4n) is 2.28. The van der Waals surface area contributed by atoms with Gasteiger partial charge in [-0.05, 0) is 35.9 Å². The number of fused-ring (bicyclic) bond motifs is 1. The number of sulfone groups is 1. The second-order valence-electron chi connectivity index (χ2n) is 5.40. The number of nitrogens with zero attached hydrogens (tertiary/aromatic N) is 1. The lowest BCUT2D eigenvalue weighted by Crippen LogP contribution is -2.14. The predicted molar refractivity (Wildman–Crippen MR) is 104 cm³/mol. The molecule has 0 aliphatic rings. The van der Waals surface area contributed by atoms with E-state index in [1.54, 1.807) is 19.1 Å². The first kappa shape index (κ1) is 18.0. The van der Waals surface area contributed by atoms with E-state index in [4.69, 9.17) is 0 Å². The van der Waals surface area contributed by atoms with Crippen molar-refractivity contribution < 1.29 is 13.2 Å². The first-order valence-electron chi connectivity index (χ1n) is 7.55. The summed E-state index contributed by atoms with van der Waals surface area (Å²) in [6, 6.07) is 12.1. The first-order valence-corrected chi connectivity index (χ1v) is 10.8. The number of rotatable bonds is 5. The van der Waals surface area contributed by atoms with Gasteiger partial charge in [-0.15, -0.1) is 0 Å². The monoisotopic (exact) mass is 438 g/mol. The molecule has 130 valence electrons. The number of anilines is 1. The predicted octanol–water partition coefficient (Wildman–Crippen LogP) is 4.03. The molecular formula is C17H15BrN2O3S2. The molecule has 0 radical (unpaired) electrons. The van der Waals surface area contributed by atoms with E-state index in [-0.39, 0.29) is 23.0 Å². The molecule has 3 aromatic rings. The number of thiazole rings is 1. The summed E-state index contributed by atoms with van der Waals surface area (Å²) in [5.74, 6) is -0.134. The number of benzene rings is 2. The number of carbonyl (C=O) groups excluding carboxylic acids is 1. The van der Waals surface area contributed by atoms with Crippen LogP contribution < -0.4 is 5.32 Å². The molecule has 1 aromatic heterocycles. The molecule has 8 heteroatoms. The third kappa shape index (κ3) is 4.26.